The summed E-state index contributed by atoms with van der Waals surface area (Å²) in [5, 5.41) is 4.24. The SMILES string of the molecule is O=C(CSc1nc2ccsc2c(=O)n1Cc1ccccc1F)Nc1cc(F)ccc1F. The summed E-state index contributed by atoms with van der Waals surface area (Å²) in [6.07, 6.45) is 0. The number of anilines is 1. The molecule has 0 aliphatic carbocycles. The van der Waals surface area contributed by atoms with Crippen LogP contribution in [0.2, 0.25) is 0 Å². The van der Waals surface area contributed by atoms with E-state index in [1.165, 1.54) is 22.0 Å². The van der Waals surface area contributed by atoms with Crippen molar-refractivity contribution in [3.63, 3.8) is 0 Å². The maximum Gasteiger partial charge on any atom is 0.272 e. The molecule has 0 saturated heterocycles. The summed E-state index contributed by atoms with van der Waals surface area (Å²) in [6, 6.07) is 10.5. The summed E-state index contributed by atoms with van der Waals surface area (Å²) in [5.41, 5.74) is 0.146. The predicted molar refractivity (Wildman–Crippen MR) is 115 cm³/mol. The normalized spacial score (nSPS) is 11.1. The maximum atomic E-state index is 14.1. The lowest BCUT2D eigenvalue weighted by Crippen LogP contribution is -2.24. The van der Waals surface area contributed by atoms with Crippen LogP contribution in [0.5, 0.6) is 0 Å². The number of hydrogen-bond acceptors (Lipinski definition) is 5. The Balaban J connectivity index is 1.60. The van der Waals surface area contributed by atoms with Gasteiger partial charge in [0.2, 0.25) is 5.91 Å². The van der Waals surface area contributed by atoms with Crippen LogP contribution in [0.15, 0.2) is 63.9 Å². The van der Waals surface area contributed by atoms with Crippen LogP contribution in [0.4, 0.5) is 18.9 Å². The number of carbonyl (C=O) groups excluding carboxylic acids is 1. The van der Waals surface area contributed by atoms with Crippen molar-refractivity contribution in [1.82, 2.24) is 9.55 Å². The second-order valence-electron chi connectivity index (χ2n) is 6.47. The molecule has 10 heteroatoms. The number of aromatic nitrogens is 2. The zero-order valence-corrected chi connectivity index (χ0v) is 17.4. The molecule has 2 aromatic carbocycles. The van der Waals surface area contributed by atoms with Crippen molar-refractivity contribution in [2.45, 2.75) is 11.7 Å². The Morgan fingerprint density at radius 1 is 1.10 bits per heavy atom. The molecule has 0 atom stereocenters. The van der Waals surface area contributed by atoms with Crippen LogP contribution >= 0.6 is 23.1 Å². The minimum absolute atomic E-state index is 0.0607. The number of nitrogens with zero attached hydrogens (tertiary/aromatic N) is 2. The Morgan fingerprint density at radius 2 is 1.90 bits per heavy atom. The summed E-state index contributed by atoms with van der Waals surface area (Å²) in [7, 11) is 0. The van der Waals surface area contributed by atoms with Crippen molar-refractivity contribution < 1.29 is 18.0 Å². The van der Waals surface area contributed by atoms with E-state index in [0.29, 0.717) is 15.8 Å². The number of rotatable bonds is 6. The molecular weight excluding hydrogens is 447 g/mol. The lowest BCUT2D eigenvalue weighted by molar-refractivity contribution is -0.113. The van der Waals surface area contributed by atoms with Crippen LogP contribution in [-0.2, 0) is 11.3 Å². The van der Waals surface area contributed by atoms with Crippen molar-refractivity contribution in [3.8, 4) is 0 Å². The average Bonchev–Trinajstić information content (AvgIpc) is 3.22. The van der Waals surface area contributed by atoms with Gasteiger partial charge in [0.25, 0.3) is 5.56 Å². The third kappa shape index (κ3) is 4.64. The minimum Gasteiger partial charge on any atom is -0.323 e. The first-order chi connectivity index (χ1) is 14.9. The highest BCUT2D eigenvalue weighted by Crippen LogP contribution is 2.23. The fourth-order valence-corrected chi connectivity index (χ4v) is 4.46. The van der Waals surface area contributed by atoms with Gasteiger partial charge in [0.15, 0.2) is 5.16 Å². The van der Waals surface area contributed by atoms with E-state index in [2.05, 4.69) is 10.3 Å². The highest BCUT2D eigenvalue weighted by atomic mass is 32.2. The van der Waals surface area contributed by atoms with Crippen molar-refractivity contribution in [2.24, 2.45) is 0 Å². The van der Waals surface area contributed by atoms with Crippen molar-refractivity contribution in [1.29, 1.82) is 0 Å². The largest absolute Gasteiger partial charge is 0.323 e. The van der Waals surface area contributed by atoms with E-state index in [-0.39, 0.29) is 28.7 Å². The molecule has 4 rings (SSSR count). The number of thioether (sulfide) groups is 1. The second-order valence-corrected chi connectivity index (χ2v) is 8.33. The summed E-state index contributed by atoms with van der Waals surface area (Å²) in [5.74, 6) is -2.74. The fourth-order valence-electron chi connectivity index (χ4n) is 2.88. The lowest BCUT2D eigenvalue weighted by Gasteiger charge is -2.13. The molecule has 0 unspecified atom stereocenters. The summed E-state index contributed by atoms with van der Waals surface area (Å²) in [6.45, 7) is -0.0607. The molecule has 0 bridgehead atoms. The van der Waals surface area contributed by atoms with E-state index >= 15 is 0 Å². The molecule has 0 spiro atoms. The number of benzene rings is 2. The van der Waals surface area contributed by atoms with Crippen LogP contribution < -0.4 is 10.9 Å². The van der Waals surface area contributed by atoms with Gasteiger partial charge in [0.1, 0.15) is 22.2 Å². The molecule has 0 saturated carbocycles. The first kappa shape index (κ1) is 21.1. The quantitative estimate of drug-likeness (QED) is 0.335. The zero-order valence-electron chi connectivity index (χ0n) is 15.8. The number of carbonyl (C=O) groups is 1. The van der Waals surface area contributed by atoms with Crippen LogP contribution in [0.3, 0.4) is 0 Å². The van der Waals surface area contributed by atoms with Gasteiger partial charge in [0, 0.05) is 11.6 Å². The number of halogens is 3. The van der Waals surface area contributed by atoms with Gasteiger partial charge in [-0.3, -0.25) is 14.2 Å². The van der Waals surface area contributed by atoms with Crippen LogP contribution in [0.25, 0.3) is 10.2 Å². The molecule has 158 valence electrons. The van der Waals surface area contributed by atoms with Gasteiger partial charge in [0.05, 0.1) is 23.5 Å². The Kier molecular flexibility index (Phi) is 6.10. The van der Waals surface area contributed by atoms with Gasteiger partial charge in [-0.15, -0.1) is 11.3 Å². The van der Waals surface area contributed by atoms with Crippen LogP contribution in [0.1, 0.15) is 5.56 Å². The molecule has 31 heavy (non-hydrogen) atoms. The molecule has 1 N–H and O–H groups in total. The maximum absolute atomic E-state index is 14.1. The van der Waals surface area contributed by atoms with Gasteiger partial charge in [-0.25, -0.2) is 18.2 Å². The van der Waals surface area contributed by atoms with Gasteiger partial charge in [-0.2, -0.15) is 0 Å². The van der Waals surface area contributed by atoms with E-state index < -0.39 is 23.4 Å². The molecule has 0 radical (unpaired) electrons. The molecule has 1 amide bonds. The Hall–Kier alpha value is -3.11. The molecule has 0 aliphatic heterocycles. The van der Waals surface area contributed by atoms with Gasteiger partial charge < -0.3 is 5.32 Å². The van der Waals surface area contributed by atoms with E-state index in [9.17, 15) is 22.8 Å². The molecule has 5 nitrogen and oxygen atoms in total. The average molecular weight is 461 g/mol. The van der Waals surface area contributed by atoms with Gasteiger partial charge in [-0.1, -0.05) is 30.0 Å². The number of hydrogen-bond donors (Lipinski definition) is 1. The Bertz CT molecular complexity index is 1340. The zero-order chi connectivity index (χ0) is 22.0. The highest BCUT2D eigenvalue weighted by Gasteiger charge is 2.16. The highest BCUT2D eigenvalue weighted by molar-refractivity contribution is 7.99. The first-order valence-corrected chi connectivity index (χ1v) is 10.9. The number of amides is 1. The Labute approximate surface area is 182 Å². The van der Waals surface area contributed by atoms with E-state index in [4.69, 9.17) is 0 Å². The second kappa shape index (κ2) is 8.94. The molecule has 2 heterocycles. The van der Waals surface area contributed by atoms with Gasteiger partial charge >= 0.3 is 0 Å². The van der Waals surface area contributed by atoms with Crippen molar-refractivity contribution in [2.75, 3.05) is 11.1 Å². The van der Waals surface area contributed by atoms with Crippen LogP contribution in [-0.4, -0.2) is 21.2 Å². The number of nitrogens with one attached hydrogen (secondary N) is 1. The lowest BCUT2D eigenvalue weighted by atomic mass is 10.2. The van der Waals surface area contributed by atoms with Crippen molar-refractivity contribution >= 4 is 44.9 Å². The summed E-state index contributed by atoms with van der Waals surface area (Å²) >= 11 is 2.17. The summed E-state index contributed by atoms with van der Waals surface area (Å²) < 4.78 is 42.9. The smallest absolute Gasteiger partial charge is 0.272 e. The van der Waals surface area contributed by atoms with Crippen LogP contribution in [0, 0.1) is 17.5 Å². The third-order valence-electron chi connectivity index (χ3n) is 4.35. The minimum atomic E-state index is -0.769. The fraction of sp³-hybridized carbons (Fsp3) is 0.0952. The van der Waals surface area contributed by atoms with Crippen molar-refractivity contribution in [3.05, 3.63) is 87.3 Å². The molecule has 0 aliphatic rings. The summed E-state index contributed by atoms with van der Waals surface area (Å²) in [4.78, 5) is 29.7. The van der Waals surface area contributed by atoms with E-state index in [0.717, 1.165) is 30.0 Å². The molecular formula is C21H14F3N3O2S2. The molecule has 2 aromatic heterocycles. The predicted octanol–water partition coefficient (Wildman–Crippen LogP) is 4.65. The molecule has 0 fully saturated rings. The number of fused-ring (bicyclic) bond motifs is 1. The van der Waals surface area contributed by atoms with Gasteiger partial charge in [-0.05, 0) is 29.6 Å². The van der Waals surface area contributed by atoms with E-state index in [1.807, 2.05) is 0 Å². The monoisotopic (exact) mass is 461 g/mol. The number of thiophene rings is 1. The van der Waals surface area contributed by atoms with E-state index in [1.54, 1.807) is 29.6 Å². The Morgan fingerprint density at radius 3 is 2.71 bits per heavy atom. The molecule has 4 aromatic rings. The topological polar surface area (TPSA) is 64.0 Å². The first-order valence-electron chi connectivity index (χ1n) is 9.01. The standard InChI is InChI=1S/C21H14F3N3O2S2/c22-13-5-6-15(24)17(9-13)25-18(28)11-31-21-26-16-7-8-30-19(16)20(29)27(21)10-12-3-1-2-4-14(12)23/h1-9H,10-11H2,(H,25,28). The third-order valence-corrected chi connectivity index (χ3v) is 6.22.